The Morgan fingerprint density at radius 2 is 1.58 bits per heavy atom. The van der Waals surface area contributed by atoms with Gasteiger partial charge in [0, 0.05) is 0 Å². The molecule has 0 fully saturated rings. The van der Waals surface area contributed by atoms with Crippen LogP contribution >= 0.6 is 0 Å². The highest BCUT2D eigenvalue weighted by Crippen LogP contribution is 2.08. The van der Waals surface area contributed by atoms with E-state index < -0.39 is 0 Å². The quantitative estimate of drug-likeness (QED) is 0.855. The van der Waals surface area contributed by atoms with Crippen molar-refractivity contribution in [2.45, 2.75) is 13.5 Å². The minimum atomic E-state index is 0.0855. The summed E-state index contributed by atoms with van der Waals surface area (Å²) in [6, 6.07) is 15.9. The largest absolute Gasteiger partial charge is 0.392 e. The van der Waals surface area contributed by atoms with Crippen LogP contribution in [0.2, 0.25) is 0 Å². The van der Waals surface area contributed by atoms with Crippen LogP contribution in [0.1, 0.15) is 22.3 Å². The van der Waals surface area contributed by atoms with Crippen molar-refractivity contribution in [2.24, 2.45) is 0 Å². The first-order chi connectivity index (χ1) is 9.21. The van der Waals surface area contributed by atoms with E-state index in [1.807, 2.05) is 30.3 Å². The van der Waals surface area contributed by atoms with Crippen molar-refractivity contribution >= 4 is 12.2 Å². The Labute approximate surface area is 115 Å². The predicted octanol–water partition coefficient (Wildman–Crippen LogP) is 4.46. The smallest absolute Gasteiger partial charge is 0.0687 e. The van der Waals surface area contributed by atoms with E-state index in [4.69, 9.17) is 5.11 Å². The first kappa shape index (κ1) is 14.9. The minimum absolute atomic E-state index is 0.0855. The fourth-order valence-electron chi connectivity index (χ4n) is 1.58. The minimum Gasteiger partial charge on any atom is -0.392 e. The summed E-state index contributed by atoms with van der Waals surface area (Å²) in [4.78, 5) is 0. The van der Waals surface area contributed by atoms with Crippen LogP contribution in [0.5, 0.6) is 0 Å². The van der Waals surface area contributed by atoms with E-state index in [9.17, 15) is 0 Å². The Morgan fingerprint density at radius 1 is 0.947 bits per heavy atom. The van der Waals surface area contributed by atoms with Crippen molar-refractivity contribution in [3.05, 3.63) is 83.9 Å². The Morgan fingerprint density at radius 3 is 2.05 bits per heavy atom. The lowest BCUT2D eigenvalue weighted by atomic mass is 10.1. The molecule has 2 aromatic carbocycles. The van der Waals surface area contributed by atoms with Crippen LogP contribution in [0.3, 0.4) is 0 Å². The van der Waals surface area contributed by atoms with Gasteiger partial charge in [0.1, 0.15) is 0 Å². The Hall–Kier alpha value is -2.12. The first-order valence-electron chi connectivity index (χ1n) is 6.21. The van der Waals surface area contributed by atoms with Crippen LogP contribution in [0.25, 0.3) is 12.2 Å². The lowest BCUT2D eigenvalue weighted by Crippen LogP contribution is -1.85. The lowest BCUT2D eigenvalue weighted by molar-refractivity contribution is 0.281. The molecule has 2 rings (SSSR count). The third-order valence-corrected chi connectivity index (χ3v) is 2.76. The average molecular weight is 252 g/mol. The van der Waals surface area contributed by atoms with Crippen molar-refractivity contribution in [3.63, 3.8) is 0 Å². The maximum absolute atomic E-state index is 8.80. The molecule has 19 heavy (non-hydrogen) atoms. The van der Waals surface area contributed by atoms with Gasteiger partial charge < -0.3 is 5.11 Å². The molecule has 0 aliphatic carbocycles. The third kappa shape index (κ3) is 4.94. The summed E-state index contributed by atoms with van der Waals surface area (Å²) in [6.07, 6.45) is 3.59. The number of aliphatic hydroxyl groups excluding tert-OH is 1. The van der Waals surface area contributed by atoms with Gasteiger partial charge in [-0.25, -0.2) is 0 Å². The standard InChI is InChI=1S/C9H10O.C9H10/c1-2-8-5-3-4-6-9(8)7-10;1-3-9-6-4-8(2)5-7-9/h2-6,10H,1,7H2;3-7H,1H2,2H3. The SMILES string of the molecule is C=Cc1ccc(C)cc1.C=Cc1ccccc1CO. The molecular formula is C18H20O. The second-order valence-corrected chi connectivity index (χ2v) is 4.18. The number of hydrogen-bond donors (Lipinski definition) is 1. The zero-order valence-corrected chi connectivity index (χ0v) is 11.3. The fraction of sp³-hybridized carbons (Fsp3) is 0.111. The molecule has 0 unspecified atom stereocenters. The average Bonchev–Trinajstić information content (AvgIpc) is 2.48. The molecule has 98 valence electrons. The molecule has 2 aromatic rings. The van der Waals surface area contributed by atoms with E-state index in [0.717, 1.165) is 11.1 Å². The van der Waals surface area contributed by atoms with Crippen LogP contribution in [0.15, 0.2) is 61.7 Å². The molecule has 0 aliphatic heterocycles. The molecule has 1 heteroatoms. The Kier molecular flexibility index (Phi) is 6.34. The number of aryl methyl sites for hydroxylation is 1. The lowest BCUT2D eigenvalue weighted by Gasteiger charge is -1.99. The van der Waals surface area contributed by atoms with Gasteiger partial charge in [-0.3, -0.25) is 0 Å². The second-order valence-electron chi connectivity index (χ2n) is 4.18. The van der Waals surface area contributed by atoms with Gasteiger partial charge in [-0.1, -0.05) is 79.4 Å². The second kappa shape index (κ2) is 8.06. The van der Waals surface area contributed by atoms with E-state index in [1.54, 1.807) is 6.08 Å². The van der Waals surface area contributed by atoms with Gasteiger partial charge >= 0.3 is 0 Å². The molecule has 0 atom stereocenters. The van der Waals surface area contributed by atoms with Crippen LogP contribution in [-0.2, 0) is 6.61 Å². The summed E-state index contributed by atoms with van der Waals surface area (Å²) >= 11 is 0. The summed E-state index contributed by atoms with van der Waals surface area (Å²) in [5.74, 6) is 0. The van der Waals surface area contributed by atoms with Crippen LogP contribution in [0, 0.1) is 6.92 Å². The van der Waals surface area contributed by atoms with Crippen LogP contribution in [-0.4, -0.2) is 5.11 Å². The first-order valence-corrected chi connectivity index (χ1v) is 6.21. The Balaban J connectivity index is 0.000000191. The number of benzene rings is 2. The van der Waals surface area contributed by atoms with E-state index in [1.165, 1.54) is 11.1 Å². The molecule has 0 radical (unpaired) electrons. The number of aliphatic hydroxyl groups is 1. The van der Waals surface area contributed by atoms with Crippen LogP contribution in [0.4, 0.5) is 0 Å². The molecule has 0 heterocycles. The molecule has 0 bridgehead atoms. The van der Waals surface area contributed by atoms with Gasteiger partial charge in [-0.2, -0.15) is 0 Å². The summed E-state index contributed by atoms with van der Waals surface area (Å²) < 4.78 is 0. The van der Waals surface area contributed by atoms with E-state index in [0.29, 0.717) is 0 Å². The van der Waals surface area contributed by atoms with Crippen molar-refractivity contribution in [2.75, 3.05) is 0 Å². The highest BCUT2D eigenvalue weighted by atomic mass is 16.3. The van der Waals surface area contributed by atoms with E-state index in [2.05, 4.69) is 44.3 Å². The summed E-state index contributed by atoms with van der Waals surface area (Å²) in [5.41, 5.74) is 4.41. The number of hydrogen-bond acceptors (Lipinski definition) is 1. The molecular weight excluding hydrogens is 232 g/mol. The molecule has 1 N–H and O–H groups in total. The molecule has 0 saturated heterocycles. The zero-order valence-electron chi connectivity index (χ0n) is 11.3. The van der Waals surface area contributed by atoms with Gasteiger partial charge in [0.05, 0.1) is 6.61 Å². The predicted molar refractivity (Wildman–Crippen MR) is 83.7 cm³/mol. The summed E-state index contributed by atoms with van der Waals surface area (Å²) in [7, 11) is 0. The van der Waals surface area contributed by atoms with Gasteiger partial charge in [-0.15, -0.1) is 0 Å². The zero-order chi connectivity index (χ0) is 14.1. The van der Waals surface area contributed by atoms with Gasteiger partial charge in [-0.05, 0) is 23.6 Å². The van der Waals surface area contributed by atoms with Crippen molar-refractivity contribution in [3.8, 4) is 0 Å². The molecule has 0 saturated carbocycles. The fourth-order valence-corrected chi connectivity index (χ4v) is 1.58. The molecule has 0 aromatic heterocycles. The monoisotopic (exact) mass is 252 g/mol. The van der Waals surface area contributed by atoms with Gasteiger partial charge in [0.2, 0.25) is 0 Å². The summed E-state index contributed by atoms with van der Waals surface area (Å²) in [6.45, 7) is 9.45. The highest BCUT2D eigenvalue weighted by molar-refractivity contribution is 5.51. The normalized spacial score (nSPS) is 9.16. The third-order valence-electron chi connectivity index (χ3n) is 2.76. The Bertz CT molecular complexity index is 524. The maximum Gasteiger partial charge on any atom is 0.0687 e. The van der Waals surface area contributed by atoms with Gasteiger partial charge in [0.25, 0.3) is 0 Å². The molecule has 0 spiro atoms. The maximum atomic E-state index is 8.80. The number of rotatable bonds is 3. The molecule has 0 aliphatic rings. The van der Waals surface area contributed by atoms with E-state index in [-0.39, 0.29) is 6.61 Å². The van der Waals surface area contributed by atoms with Gasteiger partial charge in [0.15, 0.2) is 0 Å². The van der Waals surface area contributed by atoms with Crippen LogP contribution < -0.4 is 0 Å². The van der Waals surface area contributed by atoms with Crippen molar-refractivity contribution in [1.29, 1.82) is 0 Å². The molecule has 1 nitrogen and oxygen atoms in total. The highest BCUT2D eigenvalue weighted by Gasteiger charge is 1.92. The van der Waals surface area contributed by atoms with Crippen molar-refractivity contribution in [1.82, 2.24) is 0 Å². The van der Waals surface area contributed by atoms with Crippen molar-refractivity contribution < 1.29 is 5.11 Å². The van der Waals surface area contributed by atoms with E-state index >= 15 is 0 Å². The molecule has 0 amide bonds. The summed E-state index contributed by atoms with van der Waals surface area (Å²) in [5, 5.41) is 8.80. The topological polar surface area (TPSA) is 20.2 Å².